The molecule has 13 aromatic rings. The molecule has 0 bridgehead atoms. The molecular weight excluding hydrogens is 1290 g/mol. The van der Waals surface area contributed by atoms with Crippen LogP contribution < -0.4 is 0 Å². The lowest BCUT2D eigenvalue weighted by atomic mass is 9.70. The molecule has 0 saturated carbocycles. The summed E-state index contributed by atoms with van der Waals surface area (Å²) in [5, 5.41) is 7.19. The number of hydrogen-bond donors (Lipinski definition) is 0. The molecule has 0 saturated heterocycles. The lowest BCUT2D eigenvalue weighted by Crippen LogP contribution is -2.50. The summed E-state index contributed by atoms with van der Waals surface area (Å²) in [7, 11) is 0. The number of hydrogen-bond acceptors (Lipinski definition) is 15. The number of allylic oxidation sites excluding steroid dienone is 2. The Morgan fingerprint density at radius 2 is 0.653 bits per heavy atom. The summed E-state index contributed by atoms with van der Waals surface area (Å²) in [6, 6.07) is 69.6. The topological polar surface area (TPSA) is 173 Å². The third-order valence-electron chi connectivity index (χ3n) is 18.9. The summed E-state index contributed by atoms with van der Waals surface area (Å²) in [6.07, 6.45) is 2.90. The van der Waals surface area contributed by atoms with Gasteiger partial charge < -0.3 is 18.9 Å². The Hall–Kier alpha value is -11.6. The van der Waals surface area contributed by atoms with Gasteiger partial charge in [-0.15, -0.1) is 34.0 Å². The lowest BCUT2D eigenvalue weighted by Gasteiger charge is -2.32. The quantitative estimate of drug-likeness (QED) is 0.0252. The van der Waals surface area contributed by atoms with E-state index >= 15 is 19.2 Å². The fourth-order valence-electron chi connectivity index (χ4n) is 14.2. The van der Waals surface area contributed by atoms with E-state index in [0.29, 0.717) is 52.9 Å². The van der Waals surface area contributed by atoms with Crippen molar-refractivity contribution in [1.82, 2.24) is 0 Å². The highest BCUT2D eigenvalue weighted by Crippen LogP contribution is 2.68. The first-order valence-corrected chi connectivity index (χ1v) is 34.1. The standard InChI is InChI=1S/C83H50O12S3/c84-68-37-58-33-54-29-50-25-13-14-26-51(50)30-55(54)34-61(58)71(85)64(68)38-59-40-66-74(96-59)76-69(82(66,78(88)92-42-46-17-5-1-6-18-46)79(89)93-43-47-19-7-2-8-20-47)70-77(98-76)75-67(83(70,80(90)94-44-48-21-9-3-10-22-48)81(91)95-45-49-23-11-4-12-24-49)41-60(97-75)39-65-72(86)62-35-56-31-52-27-15-16-28-53(52)32-57(56)36-63(62)73(65)87/h1-36,38-41H,37,42-45H2/b64-38-. The fraction of sp³-hybridized carbons (Fsp3) is 0.0843. The highest BCUT2D eigenvalue weighted by atomic mass is 32.1. The molecule has 4 aliphatic rings. The van der Waals surface area contributed by atoms with Gasteiger partial charge in [0.05, 0.1) is 30.7 Å². The van der Waals surface area contributed by atoms with E-state index in [-0.39, 0.29) is 87.1 Å². The van der Waals surface area contributed by atoms with Crippen LogP contribution in [0.2, 0.25) is 0 Å². The van der Waals surface area contributed by atoms with Crippen LogP contribution in [0.3, 0.4) is 0 Å². The van der Waals surface area contributed by atoms with E-state index in [2.05, 4.69) is 0 Å². The van der Waals surface area contributed by atoms with Crippen LogP contribution in [0.4, 0.5) is 0 Å². The monoisotopic (exact) mass is 1330 g/mol. The van der Waals surface area contributed by atoms with Crippen molar-refractivity contribution in [2.45, 2.75) is 43.7 Å². The molecule has 0 fully saturated rings. The molecule has 3 aromatic heterocycles. The number of esters is 4. The Morgan fingerprint density at radius 3 is 1.02 bits per heavy atom. The van der Waals surface area contributed by atoms with Gasteiger partial charge in [-0.25, -0.2) is 0 Å². The van der Waals surface area contributed by atoms with Gasteiger partial charge in [-0.3, -0.25) is 38.4 Å². The molecule has 0 N–H and O–H groups in total. The van der Waals surface area contributed by atoms with Gasteiger partial charge in [0.25, 0.3) is 0 Å². The number of fused-ring (bicyclic) bond motifs is 13. The summed E-state index contributed by atoms with van der Waals surface area (Å²) in [5.74, 6) is -6.40. The maximum absolute atomic E-state index is 16.4. The van der Waals surface area contributed by atoms with Crippen molar-refractivity contribution in [3.63, 3.8) is 0 Å². The van der Waals surface area contributed by atoms with Crippen LogP contribution in [-0.4, -0.2) is 47.0 Å². The van der Waals surface area contributed by atoms with Crippen molar-refractivity contribution in [2.75, 3.05) is 0 Å². The number of ether oxygens (including phenoxy) is 4. The zero-order valence-electron chi connectivity index (χ0n) is 51.8. The second-order valence-electron chi connectivity index (χ2n) is 24.7. The first-order valence-electron chi connectivity index (χ1n) is 31.7. The number of carbonyl (C=O) groups excluding carboxylic acids is 8. The molecule has 0 aliphatic heterocycles. The van der Waals surface area contributed by atoms with E-state index in [1.807, 2.05) is 109 Å². The predicted octanol–water partition coefficient (Wildman–Crippen LogP) is 16.8. The number of rotatable bonds is 14. The minimum Gasteiger partial charge on any atom is -0.459 e. The molecule has 12 nitrogen and oxygen atoms in total. The second-order valence-corrected chi connectivity index (χ2v) is 27.9. The van der Waals surface area contributed by atoms with Crippen molar-refractivity contribution in [3.8, 4) is 19.5 Å². The maximum Gasteiger partial charge on any atom is 0.333 e. The van der Waals surface area contributed by atoms with E-state index in [9.17, 15) is 19.2 Å². The van der Waals surface area contributed by atoms with Gasteiger partial charge in [0.15, 0.2) is 23.1 Å². The summed E-state index contributed by atoms with van der Waals surface area (Å²) in [4.78, 5) is 126. The van der Waals surface area contributed by atoms with Crippen molar-refractivity contribution >= 4 is 136 Å². The summed E-state index contributed by atoms with van der Waals surface area (Å²) < 4.78 is 25.6. The molecule has 0 unspecified atom stereocenters. The van der Waals surface area contributed by atoms with Crippen LogP contribution in [0.5, 0.6) is 0 Å². The average Bonchev–Trinajstić information content (AvgIpc) is 1.48. The Balaban J connectivity index is 0.881. The van der Waals surface area contributed by atoms with Crippen LogP contribution in [0, 0.1) is 0 Å². The van der Waals surface area contributed by atoms with Gasteiger partial charge in [-0.2, -0.15) is 0 Å². The summed E-state index contributed by atoms with van der Waals surface area (Å²) in [5.41, 5.74) is -1.90. The van der Waals surface area contributed by atoms with Crippen LogP contribution in [-0.2, 0) is 86.6 Å². The van der Waals surface area contributed by atoms with Crippen molar-refractivity contribution < 1.29 is 57.3 Å². The van der Waals surface area contributed by atoms with E-state index in [1.165, 1.54) is 12.2 Å². The smallest absolute Gasteiger partial charge is 0.333 e. The van der Waals surface area contributed by atoms with Crippen LogP contribution in [0.1, 0.15) is 90.9 Å². The largest absolute Gasteiger partial charge is 0.459 e. The number of Topliss-reactive ketones (excluding diaryl/α,β-unsaturated/α-hetero) is 4. The minimum absolute atomic E-state index is 0.0582. The van der Waals surface area contributed by atoms with Gasteiger partial charge >= 0.3 is 23.9 Å². The molecule has 4 aliphatic carbocycles. The molecule has 17 rings (SSSR count). The Bertz CT molecular complexity index is 5530. The van der Waals surface area contributed by atoms with E-state index in [0.717, 1.165) is 77.1 Å². The van der Waals surface area contributed by atoms with E-state index in [4.69, 9.17) is 18.9 Å². The number of thiophene rings is 3. The van der Waals surface area contributed by atoms with E-state index in [1.54, 1.807) is 121 Å². The molecule has 98 heavy (non-hydrogen) atoms. The van der Waals surface area contributed by atoms with Gasteiger partial charge in [-0.1, -0.05) is 170 Å². The highest BCUT2D eigenvalue weighted by Gasteiger charge is 2.69. The van der Waals surface area contributed by atoms with Gasteiger partial charge in [0, 0.05) is 55.1 Å². The Labute approximate surface area is 571 Å². The van der Waals surface area contributed by atoms with Crippen LogP contribution in [0.25, 0.3) is 74.8 Å². The van der Waals surface area contributed by atoms with Crippen molar-refractivity contribution in [3.05, 3.63) is 318 Å². The average molecular weight is 1340 g/mol. The first-order chi connectivity index (χ1) is 47.8. The Kier molecular flexibility index (Phi) is 14.5. The van der Waals surface area contributed by atoms with Gasteiger partial charge in [-0.05, 0) is 144 Å². The zero-order valence-corrected chi connectivity index (χ0v) is 54.2. The van der Waals surface area contributed by atoms with Crippen molar-refractivity contribution in [1.29, 1.82) is 0 Å². The van der Waals surface area contributed by atoms with Crippen LogP contribution in [0.15, 0.2) is 242 Å². The Morgan fingerprint density at radius 1 is 0.337 bits per heavy atom. The minimum atomic E-state index is -2.66. The first kappa shape index (κ1) is 60.1. The highest BCUT2D eigenvalue weighted by molar-refractivity contribution is 7.28. The molecule has 0 atom stereocenters. The molecule has 0 amide bonds. The third-order valence-corrected chi connectivity index (χ3v) is 22.6. The maximum atomic E-state index is 16.4. The van der Waals surface area contributed by atoms with Gasteiger partial charge in [0.2, 0.25) is 10.8 Å². The number of benzene rings is 10. The van der Waals surface area contributed by atoms with Crippen LogP contribution >= 0.6 is 34.0 Å². The zero-order chi connectivity index (χ0) is 66.6. The molecule has 3 heterocycles. The third kappa shape index (κ3) is 9.66. The van der Waals surface area contributed by atoms with Gasteiger partial charge in [0.1, 0.15) is 26.4 Å². The normalized spacial score (nSPS) is 14.9. The number of carbonyl (C=O) groups is 8. The summed E-state index contributed by atoms with van der Waals surface area (Å²) >= 11 is 3.32. The predicted molar refractivity (Wildman–Crippen MR) is 378 cm³/mol. The SMILES string of the molecule is O=C1Cc2cc3cc4ccccc4cc3cc2C(=O)/C1=C\c1cc2c(s1)-c1sc3c(c1C2(C(=O)OCc1ccccc1)C(=O)OCc1ccccc1)C(C(=O)OCc1ccccc1)(C(=O)OCc1ccccc1)c1cc(C=C2C(=O)c4cc5cc6ccccc6cc5cc4C2=O)sc1-3. The molecule has 0 spiro atoms. The van der Waals surface area contributed by atoms with E-state index < -0.39 is 57.8 Å². The lowest BCUT2D eigenvalue weighted by molar-refractivity contribution is -0.167. The molecule has 472 valence electrons. The molecule has 15 heteroatoms. The van der Waals surface area contributed by atoms with Crippen molar-refractivity contribution in [2.24, 2.45) is 0 Å². The molecule has 0 radical (unpaired) electrons. The molecule has 10 aromatic carbocycles. The molecular formula is C83H50O12S3. The summed E-state index contributed by atoms with van der Waals surface area (Å²) in [6.45, 7) is -1.33. The second kappa shape index (κ2) is 23.6. The fourth-order valence-corrected chi connectivity index (χ4v) is 18.2. The number of ketones is 4.